The van der Waals surface area contributed by atoms with Gasteiger partial charge in [0, 0.05) is 0 Å². The smallest absolute Gasteiger partial charge is 0.138 e. The zero-order valence-electron chi connectivity index (χ0n) is 6.83. The maximum atomic E-state index is 8.72. The van der Waals surface area contributed by atoms with E-state index in [2.05, 4.69) is 0 Å². The van der Waals surface area contributed by atoms with Crippen LogP contribution < -0.4 is 4.74 Å². The standard InChI is InChI=1S/C9H11ClO2/c1-7(6-11)12-9-5-3-2-4-8(9)10/h2-5,7,11H,6H2,1H3. The molecule has 2 nitrogen and oxygen atoms in total. The number of halogens is 1. The van der Waals surface area contributed by atoms with Gasteiger partial charge in [0.1, 0.15) is 11.9 Å². The van der Waals surface area contributed by atoms with Gasteiger partial charge in [0.05, 0.1) is 11.6 Å². The van der Waals surface area contributed by atoms with Gasteiger partial charge in [-0.3, -0.25) is 0 Å². The molecule has 0 aromatic heterocycles. The van der Waals surface area contributed by atoms with Crippen molar-refractivity contribution in [3.05, 3.63) is 29.3 Å². The molecule has 12 heavy (non-hydrogen) atoms. The lowest BCUT2D eigenvalue weighted by molar-refractivity contribution is 0.130. The molecule has 3 heteroatoms. The van der Waals surface area contributed by atoms with Gasteiger partial charge in [-0.05, 0) is 19.1 Å². The van der Waals surface area contributed by atoms with Gasteiger partial charge in [0.2, 0.25) is 0 Å². The van der Waals surface area contributed by atoms with E-state index >= 15 is 0 Å². The first-order chi connectivity index (χ1) is 5.74. The normalized spacial score (nSPS) is 12.6. The molecule has 0 amide bonds. The second-order valence-electron chi connectivity index (χ2n) is 2.54. The fourth-order valence-electron chi connectivity index (χ4n) is 0.794. The first kappa shape index (κ1) is 9.36. The van der Waals surface area contributed by atoms with Crippen molar-refractivity contribution in [2.24, 2.45) is 0 Å². The second kappa shape index (κ2) is 4.33. The minimum Gasteiger partial charge on any atom is -0.487 e. The number of para-hydroxylation sites is 1. The molecule has 1 atom stereocenters. The molecule has 1 N–H and O–H groups in total. The Morgan fingerprint density at radius 3 is 2.75 bits per heavy atom. The van der Waals surface area contributed by atoms with Crippen LogP contribution in [0.25, 0.3) is 0 Å². The molecule has 1 unspecified atom stereocenters. The van der Waals surface area contributed by atoms with E-state index in [0.29, 0.717) is 10.8 Å². The number of ether oxygens (including phenoxy) is 1. The van der Waals surface area contributed by atoms with Crippen molar-refractivity contribution in [1.82, 2.24) is 0 Å². The van der Waals surface area contributed by atoms with Crippen molar-refractivity contribution in [3.8, 4) is 5.75 Å². The van der Waals surface area contributed by atoms with E-state index in [1.807, 2.05) is 12.1 Å². The quantitative estimate of drug-likeness (QED) is 0.784. The van der Waals surface area contributed by atoms with Crippen molar-refractivity contribution < 1.29 is 9.84 Å². The molecule has 0 radical (unpaired) electrons. The molecule has 0 aliphatic carbocycles. The van der Waals surface area contributed by atoms with Crippen molar-refractivity contribution >= 4 is 11.6 Å². The van der Waals surface area contributed by atoms with E-state index in [1.165, 1.54) is 0 Å². The maximum Gasteiger partial charge on any atom is 0.138 e. The summed E-state index contributed by atoms with van der Waals surface area (Å²) in [5.74, 6) is 0.612. The van der Waals surface area contributed by atoms with Gasteiger partial charge in [-0.1, -0.05) is 23.7 Å². The van der Waals surface area contributed by atoms with Gasteiger partial charge in [0.15, 0.2) is 0 Å². The minimum atomic E-state index is -0.218. The topological polar surface area (TPSA) is 29.5 Å². The molecule has 0 saturated heterocycles. The van der Waals surface area contributed by atoms with E-state index in [0.717, 1.165) is 0 Å². The molecule has 0 saturated carbocycles. The molecular weight excluding hydrogens is 176 g/mol. The van der Waals surface area contributed by atoms with Crippen LogP contribution in [-0.4, -0.2) is 17.8 Å². The van der Waals surface area contributed by atoms with Crippen molar-refractivity contribution in [2.45, 2.75) is 13.0 Å². The number of rotatable bonds is 3. The Labute approximate surface area is 76.7 Å². The number of hydrogen-bond donors (Lipinski definition) is 1. The summed E-state index contributed by atoms with van der Waals surface area (Å²) in [6.45, 7) is 1.77. The molecular formula is C9H11ClO2. The Bertz CT molecular complexity index is 250. The molecule has 66 valence electrons. The van der Waals surface area contributed by atoms with Crippen molar-refractivity contribution in [1.29, 1.82) is 0 Å². The summed E-state index contributed by atoms with van der Waals surface area (Å²) in [6.07, 6.45) is -0.218. The molecule has 0 fully saturated rings. The summed E-state index contributed by atoms with van der Waals surface area (Å²) in [4.78, 5) is 0. The Balaban J connectivity index is 2.69. The second-order valence-corrected chi connectivity index (χ2v) is 2.95. The lowest BCUT2D eigenvalue weighted by atomic mass is 10.3. The number of aliphatic hydroxyl groups is 1. The van der Waals surface area contributed by atoms with Crippen LogP contribution in [0, 0.1) is 0 Å². The molecule has 0 aliphatic heterocycles. The third kappa shape index (κ3) is 2.40. The molecule has 1 rings (SSSR count). The highest BCUT2D eigenvalue weighted by Gasteiger charge is 2.04. The van der Waals surface area contributed by atoms with Gasteiger partial charge < -0.3 is 9.84 Å². The number of benzene rings is 1. The molecule has 1 aromatic carbocycles. The van der Waals surface area contributed by atoms with Crippen LogP contribution in [0.5, 0.6) is 5.75 Å². The average molecular weight is 187 g/mol. The zero-order chi connectivity index (χ0) is 8.97. The summed E-state index contributed by atoms with van der Waals surface area (Å²) in [5, 5.41) is 9.29. The summed E-state index contributed by atoms with van der Waals surface area (Å²) in [6, 6.07) is 7.19. The number of aliphatic hydroxyl groups excluding tert-OH is 1. The van der Waals surface area contributed by atoms with Crippen LogP contribution in [0.1, 0.15) is 6.92 Å². The van der Waals surface area contributed by atoms with E-state index in [4.69, 9.17) is 21.4 Å². The van der Waals surface area contributed by atoms with Gasteiger partial charge in [0.25, 0.3) is 0 Å². The summed E-state index contributed by atoms with van der Waals surface area (Å²) < 4.78 is 5.31. The van der Waals surface area contributed by atoms with Crippen LogP contribution in [0.15, 0.2) is 24.3 Å². The Morgan fingerprint density at radius 1 is 1.50 bits per heavy atom. The van der Waals surface area contributed by atoms with E-state index in [1.54, 1.807) is 19.1 Å². The lowest BCUT2D eigenvalue weighted by Gasteiger charge is -2.12. The van der Waals surface area contributed by atoms with Crippen LogP contribution >= 0.6 is 11.6 Å². The highest BCUT2D eigenvalue weighted by Crippen LogP contribution is 2.23. The van der Waals surface area contributed by atoms with Crippen LogP contribution in [0.3, 0.4) is 0 Å². The highest BCUT2D eigenvalue weighted by molar-refractivity contribution is 6.32. The van der Waals surface area contributed by atoms with Gasteiger partial charge in [-0.2, -0.15) is 0 Å². The predicted octanol–water partition coefficient (Wildman–Crippen LogP) is 2.10. The van der Waals surface area contributed by atoms with E-state index < -0.39 is 0 Å². The van der Waals surface area contributed by atoms with Crippen LogP contribution in [-0.2, 0) is 0 Å². The Kier molecular flexibility index (Phi) is 3.38. The minimum absolute atomic E-state index is 0.00871. The lowest BCUT2D eigenvalue weighted by Crippen LogP contribution is -2.16. The summed E-state index contributed by atoms with van der Waals surface area (Å²) in [5.41, 5.74) is 0. The summed E-state index contributed by atoms with van der Waals surface area (Å²) >= 11 is 5.82. The van der Waals surface area contributed by atoms with Crippen LogP contribution in [0.2, 0.25) is 5.02 Å². The fraction of sp³-hybridized carbons (Fsp3) is 0.333. The maximum absolute atomic E-state index is 8.72. The van der Waals surface area contributed by atoms with Crippen LogP contribution in [0.4, 0.5) is 0 Å². The predicted molar refractivity (Wildman–Crippen MR) is 48.6 cm³/mol. The Hall–Kier alpha value is -0.730. The SMILES string of the molecule is CC(CO)Oc1ccccc1Cl. The fourth-order valence-corrected chi connectivity index (χ4v) is 0.975. The molecule has 0 spiro atoms. The zero-order valence-corrected chi connectivity index (χ0v) is 7.58. The van der Waals surface area contributed by atoms with E-state index in [9.17, 15) is 0 Å². The summed E-state index contributed by atoms with van der Waals surface area (Å²) in [7, 11) is 0. The number of hydrogen-bond acceptors (Lipinski definition) is 2. The first-order valence-electron chi connectivity index (χ1n) is 3.76. The largest absolute Gasteiger partial charge is 0.487 e. The van der Waals surface area contributed by atoms with Gasteiger partial charge in [-0.25, -0.2) is 0 Å². The van der Waals surface area contributed by atoms with Gasteiger partial charge >= 0.3 is 0 Å². The van der Waals surface area contributed by atoms with E-state index in [-0.39, 0.29) is 12.7 Å². The molecule has 0 heterocycles. The molecule has 0 aliphatic rings. The van der Waals surface area contributed by atoms with Gasteiger partial charge in [-0.15, -0.1) is 0 Å². The average Bonchev–Trinajstić information content (AvgIpc) is 2.09. The van der Waals surface area contributed by atoms with Crippen molar-refractivity contribution in [2.75, 3.05) is 6.61 Å². The van der Waals surface area contributed by atoms with Crippen molar-refractivity contribution in [3.63, 3.8) is 0 Å². The molecule has 0 bridgehead atoms. The monoisotopic (exact) mass is 186 g/mol. The third-order valence-electron chi connectivity index (χ3n) is 1.42. The Morgan fingerprint density at radius 2 is 2.17 bits per heavy atom. The highest BCUT2D eigenvalue weighted by atomic mass is 35.5. The third-order valence-corrected chi connectivity index (χ3v) is 1.73. The molecule has 1 aromatic rings. The first-order valence-corrected chi connectivity index (χ1v) is 4.14.